The number of nitrogens with zero attached hydrogens (tertiary/aromatic N) is 2. The maximum atomic E-state index is 11.8. The Morgan fingerprint density at radius 1 is 1.39 bits per heavy atom. The summed E-state index contributed by atoms with van der Waals surface area (Å²) in [7, 11) is 0. The zero-order valence-corrected chi connectivity index (χ0v) is 12.4. The minimum atomic E-state index is -0.435. The highest BCUT2D eigenvalue weighted by Crippen LogP contribution is 2.17. The molecular formula is C12H23N3O2S. The second-order valence-corrected chi connectivity index (χ2v) is 6.20. The van der Waals surface area contributed by atoms with Crippen LogP contribution in [0.25, 0.3) is 0 Å². The number of nitrogens with two attached hydrogens (primary N) is 1. The fraction of sp³-hybridized carbons (Fsp3) is 0.833. The third-order valence-corrected chi connectivity index (χ3v) is 3.16. The van der Waals surface area contributed by atoms with Gasteiger partial charge in [-0.25, -0.2) is 4.79 Å². The van der Waals surface area contributed by atoms with Gasteiger partial charge in [0.15, 0.2) is 5.17 Å². The average molecular weight is 273 g/mol. The molecule has 1 amide bonds. The normalized spacial score (nSPS) is 18.9. The van der Waals surface area contributed by atoms with E-state index in [0.29, 0.717) is 18.3 Å². The molecule has 0 radical (unpaired) electrons. The Morgan fingerprint density at radius 3 is 2.39 bits per heavy atom. The molecule has 1 aliphatic heterocycles. The number of carbonyl (C=O) groups excluding carboxylic acids is 1. The van der Waals surface area contributed by atoms with Crippen molar-refractivity contribution in [2.45, 2.75) is 45.3 Å². The Morgan fingerprint density at radius 2 is 1.94 bits per heavy atom. The van der Waals surface area contributed by atoms with Crippen molar-refractivity contribution in [3.05, 3.63) is 0 Å². The van der Waals surface area contributed by atoms with Crippen molar-refractivity contribution in [1.29, 1.82) is 0 Å². The molecule has 0 aromatic rings. The van der Waals surface area contributed by atoms with E-state index in [0.717, 1.165) is 12.8 Å². The number of amides is 1. The summed E-state index contributed by atoms with van der Waals surface area (Å²) in [5.74, 6) is 0. The van der Waals surface area contributed by atoms with Crippen LogP contribution in [0.3, 0.4) is 0 Å². The predicted molar refractivity (Wildman–Crippen MR) is 76.0 cm³/mol. The maximum absolute atomic E-state index is 11.8. The van der Waals surface area contributed by atoms with Gasteiger partial charge in [-0.2, -0.15) is 0 Å². The van der Waals surface area contributed by atoms with Crippen molar-refractivity contribution in [2.24, 2.45) is 10.7 Å². The number of amidine groups is 1. The third kappa shape index (κ3) is 5.16. The predicted octanol–water partition coefficient (Wildman–Crippen LogP) is 2.06. The van der Waals surface area contributed by atoms with Crippen LogP contribution in [0.4, 0.5) is 4.79 Å². The van der Waals surface area contributed by atoms with E-state index in [4.69, 9.17) is 10.5 Å². The van der Waals surface area contributed by atoms with Crippen LogP contribution in [-0.2, 0) is 4.74 Å². The van der Waals surface area contributed by atoms with Gasteiger partial charge in [0.2, 0.25) is 0 Å². The van der Waals surface area contributed by atoms with E-state index in [1.807, 2.05) is 27.0 Å². The highest BCUT2D eigenvalue weighted by molar-refractivity contribution is 8.13. The molecule has 0 aromatic carbocycles. The number of likely N-dealkylation sites (tertiary alicyclic amines) is 1. The molecule has 0 atom stereocenters. The van der Waals surface area contributed by atoms with Crippen LogP contribution in [0.5, 0.6) is 0 Å². The molecule has 2 N–H and O–H groups in total. The number of piperidine rings is 1. The quantitative estimate of drug-likeness (QED) is 0.586. The molecular weight excluding hydrogens is 250 g/mol. The number of aliphatic imine (C=N–C) groups is 1. The van der Waals surface area contributed by atoms with Gasteiger partial charge >= 0.3 is 6.09 Å². The molecule has 0 saturated carbocycles. The minimum absolute atomic E-state index is 0.233. The Labute approximate surface area is 113 Å². The fourth-order valence-electron chi connectivity index (χ4n) is 1.74. The van der Waals surface area contributed by atoms with Crippen LogP contribution in [0.1, 0.15) is 33.6 Å². The monoisotopic (exact) mass is 273 g/mol. The van der Waals surface area contributed by atoms with Gasteiger partial charge in [0.1, 0.15) is 5.60 Å². The standard InChI is InChI=1S/C12H23N3O2S/c1-12(2,3)17-11(16)15-7-5-9(6-8-15)14-10(13)18-4/h9H,5-8H2,1-4H3,(H2,13,14). The van der Waals surface area contributed by atoms with E-state index in [-0.39, 0.29) is 12.1 Å². The van der Waals surface area contributed by atoms with Gasteiger partial charge in [0.05, 0.1) is 6.04 Å². The summed E-state index contributed by atoms with van der Waals surface area (Å²) in [6.07, 6.45) is 3.37. The first-order valence-electron chi connectivity index (χ1n) is 6.17. The first-order chi connectivity index (χ1) is 8.31. The number of ether oxygens (including phenoxy) is 1. The number of rotatable bonds is 1. The van der Waals surface area contributed by atoms with Crippen molar-refractivity contribution >= 4 is 23.0 Å². The van der Waals surface area contributed by atoms with Crippen LogP contribution in [0.2, 0.25) is 0 Å². The van der Waals surface area contributed by atoms with Gasteiger partial charge in [-0.15, -0.1) is 0 Å². The molecule has 1 fully saturated rings. The highest BCUT2D eigenvalue weighted by atomic mass is 32.2. The summed E-state index contributed by atoms with van der Waals surface area (Å²) in [4.78, 5) is 18.0. The molecule has 104 valence electrons. The Hall–Kier alpha value is -0.910. The fourth-order valence-corrected chi connectivity index (χ4v) is 1.99. The lowest BCUT2D eigenvalue weighted by atomic mass is 10.1. The summed E-state index contributed by atoms with van der Waals surface area (Å²) in [5, 5.41) is 0.616. The van der Waals surface area contributed by atoms with Gasteiger partial charge in [-0.1, -0.05) is 11.8 Å². The van der Waals surface area contributed by atoms with Crippen LogP contribution in [0.15, 0.2) is 4.99 Å². The summed E-state index contributed by atoms with van der Waals surface area (Å²) < 4.78 is 5.34. The summed E-state index contributed by atoms with van der Waals surface area (Å²) >= 11 is 1.46. The maximum Gasteiger partial charge on any atom is 0.410 e. The Bertz CT molecular complexity index is 318. The van der Waals surface area contributed by atoms with Gasteiger partial charge in [-0.05, 0) is 39.9 Å². The second kappa shape index (κ2) is 6.31. The molecule has 1 saturated heterocycles. The molecule has 5 nitrogen and oxygen atoms in total. The van der Waals surface area contributed by atoms with Crippen LogP contribution < -0.4 is 5.73 Å². The SMILES string of the molecule is CSC(N)=NC1CCN(C(=O)OC(C)(C)C)CC1. The lowest BCUT2D eigenvalue weighted by molar-refractivity contribution is 0.0207. The van der Waals surface area contributed by atoms with Crippen molar-refractivity contribution < 1.29 is 9.53 Å². The number of hydrogen-bond acceptors (Lipinski definition) is 4. The minimum Gasteiger partial charge on any atom is -0.444 e. The molecule has 0 spiro atoms. The van der Waals surface area contributed by atoms with E-state index in [2.05, 4.69) is 4.99 Å². The second-order valence-electron chi connectivity index (χ2n) is 5.37. The average Bonchev–Trinajstić information content (AvgIpc) is 2.27. The molecule has 0 aliphatic carbocycles. The number of hydrogen-bond donors (Lipinski definition) is 1. The highest BCUT2D eigenvalue weighted by Gasteiger charge is 2.26. The Kier molecular flexibility index (Phi) is 5.31. The van der Waals surface area contributed by atoms with E-state index < -0.39 is 5.60 Å². The summed E-state index contributed by atoms with van der Waals surface area (Å²) in [6, 6.07) is 0.233. The van der Waals surface area contributed by atoms with Crippen LogP contribution in [0, 0.1) is 0 Å². The lowest BCUT2D eigenvalue weighted by Gasteiger charge is -2.32. The van der Waals surface area contributed by atoms with Crippen molar-refractivity contribution in [1.82, 2.24) is 4.90 Å². The van der Waals surface area contributed by atoms with Crippen LogP contribution >= 0.6 is 11.8 Å². The molecule has 1 rings (SSSR count). The van der Waals surface area contributed by atoms with E-state index in [1.54, 1.807) is 4.90 Å². The van der Waals surface area contributed by atoms with Crippen molar-refractivity contribution in [3.63, 3.8) is 0 Å². The van der Waals surface area contributed by atoms with Crippen molar-refractivity contribution in [3.8, 4) is 0 Å². The number of thioether (sulfide) groups is 1. The van der Waals surface area contributed by atoms with E-state index in [1.165, 1.54) is 11.8 Å². The first-order valence-corrected chi connectivity index (χ1v) is 7.39. The van der Waals surface area contributed by atoms with Gasteiger partial charge in [0, 0.05) is 13.1 Å². The summed E-state index contributed by atoms with van der Waals surface area (Å²) in [5.41, 5.74) is 5.25. The van der Waals surface area contributed by atoms with Gasteiger partial charge in [-0.3, -0.25) is 4.99 Å². The lowest BCUT2D eigenvalue weighted by Crippen LogP contribution is -2.42. The topological polar surface area (TPSA) is 67.9 Å². The third-order valence-electron chi connectivity index (χ3n) is 2.64. The largest absolute Gasteiger partial charge is 0.444 e. The molecule has 1 heterocycles. The molecule has 0 aromatic heterocycles. The van der Waals surface area contributed by atoms with Crippen molar-refractivity contribution in [2.75, 3.05) is 19.3 Å². The zero-order valence-electron chi connectivity index (χ0n) is 11.6. The smallest absolute Gasteiger partial charge is 0.410 e. The zero-order chi connectivity index (χ0) is 13.8. The first kappa shape index (κ1) is 15.1. The number of carbonyl (C=O) groups is 1. The van der Waals surface area contributed by atoms with Gasteiger partial charge in [0.25, 0.3) is 0 Å². The molecule has 0 unspecified atom stereocenters. The Balaban J connectivity index is 2.42. The molecule has 0 bridgehead atoms. The van der Waals surface area contributed by atoms with E-state index in [9.17, 15) is 4.79 Å². The summed E-state index contributed by atoms with van der Waals surface area (Å²) in [6.45, 7) is 7.00. The molecule has 18 heavy (non-hydrogen) atoms. The van der Waals surface area contributed by atoms with E-state index >= 15 is 0 Å². The van der Waals surface area contributed by atoms with Gasteiger partial charge < -0.3 is 15.4 Å². The van der Waals surface area contributed by atoms with Crippen LogP contribution in [-0.4, -0.2) is 47.1 Å². The molecule has 6 heteroatoms. The molecule has 1 aliphatic rings.